The quantitative estimate of drug-likeness (QED) is 0.669. The lowest BCUT2D eigenvalue weighted by molar-refractivity contribution is -0.137. The molecule has 2 aromatic carbocycles. The first-order chi connectivity index (χ1) is 13.2. The van der Waals surface area contributed by atoms with Gasteiger partial charge in [0.05, 0.1) is 31.3 Å². The molecule has 0 aliphatic carbocycles. The van der Waals surface area contributed by atoms with Gasteiger partial charge in [0, 0.05) is 11.5 Å². The van der Waals surface area contributed by atoms with Crippen LogP contribution in [0.15, 0.2) is 36.4 Å². The highest BCUT2D eigenvalue weighted by Gasteiger charge is 2.30. The van der Waals surface area contributed by atoms with Crippen LogP contribution in [0.2, 0.25) is 0 Å². The van der Waals surface area contributed by atoms with Crippen molar-refractivity contribution in [1.82, 2.24) is 9.97 Å². The van der Waals surface area contributed by atoms with E-state index in [0.29, 0.717) is 28.0 Å². The molecule has 6 nitrogen and oxygen atoms in total. The van der Waals surface area contributed by atoms with Gasteiger partial charge in [0.2, 0.25) is 5.95 Å². The van der Waals surface area contributed by atoms with E-state index in [1.165, 1.54) is 20.3 Å². The van der Waals surface area contributed by atoms with E-state index in [1.807, 2.05) is 0 Å². The summed E-state index contributed by atoms with van der Waals surface area (Å²) in [6, 6.07) is 7.94. The lowest BCUT2D eigenvalue weighted by Crippen LogP contribution is -2.12. The van der Waals surface area contributed by atoms with Gasteiger partial charge in [-0.25, -0.2) is 4.98 Å². The molecule has 0 fully saturated rings. The maximum Gasteiger partial charge on any atom is 0.416 e. The molecule has 0 unspecified atom stereocenters. The second-order valence-electron chi connectivity index (χ2n) is 6.15. The molecule has 3 aromatic rings. The minimum atomic E-state index is -4.41. The van der Waals surface area contributed by atoms with Crippen LogP contribution in [-0.4, -0.2) is 24.2 Å². The minimum absolute atomic E-state index is 0.196. The van der Waals surface area contributed by atoms with Crippen molar-refractivity contribution in [3.05, 3.63) is 47.5 Å². The zero-order valence-electron chi connectivity index (χ0n) is 15.5. The van der Waals surface area contributed by atoms with Crippen LogP contribution in [-0.2, 0) is 6.18 Å². The standard InChI is InChI=1S/C19H19F3N4O2/c1-10(11-5-4-6-12(7-11)19(20,21)22)24-18-25-14-9-16(28-3)15(27-2)8-13(14)17(23)26-18/h4-10H,1-3H3,(H3,23,24,25,26)/t10-/m1/s1. The second-order valence-corrected chi connectivity index (χ2v) is 6.15. The van der Waals surface area contributed by atoms with Gasteiger partial charge in [-0.05, 0) is 30.7 Å². The van der Waals surface area contributed by atoms with Crippen molar-refractivity contribution in [2.24, 2.45) is 0 Å². The Bertz CT molecular complexity index is 1010. The van der Waals surface area contributed by atoms with Crippen molar-refractivity contribution in [1.29, 1.82) is 0 Å². The van der Waals surface area contributed by atoms with E-state index in [-0.39, 0.29) is 11.8 Å². The van der Waals surface area contributed by atoms with Crippen LogP contribution in [0.3, 0.4) is 0 Å². The number of nitrogens with two attached hydrogens (primary N) is 1. The molecular weight excluding hydrogens is 373 g/mol. The van der Waals surface area contributed by atoms with Crippen molar-refractivity contribution in [3.8, 4) is 11.5 Å². The summed E-state index contributed by atoms with van der Waals surface area (Å²) in [5.74, 6) is 1.38. The molecule has 0 spiro atoms. The van der Waals surface area contributed by atoms with Gasteiger partial charge < -0.3 is 20.5 Å². The Balaban J connectivity index is 1.94. The Morgan fingerprint density at radius 1 is 1.04 bits per heavy atom. The van der Waals surface area contributed by atoms with Gasteiger partial charge in [-0.2, -0.15) is 18.2 Å². The zero-order chi connectivity index (χ0) is 20.5. The minimum Gasteiger partial charge on any atom is -0.493 e. The van der Waals surface area contributed by atoms with Crippen LogP contribution in [0.1, 0.15) is 24.1 Å². The Kier molecular flexibility index (Phi) is 5.17. The normalized spacial score (nSPS) is 12.6. The highest BCUT2D eigenvalue weighted by atomic mass is 19.4. The Labute approximate surface area is 159 Å². The van der Waals surface area contributed by atoms with Crippen molar-refractivity contribution in [2.75, 3.05) is 25.3 Å². The molecule has 9 heteroatoms. The van der Waals surface area contributed by atoms with Crippen molar-refractivity contribution < 1.29 is 22.6 Å². The Morgan fingerprint density at radius 3 is 2.36 bits per heavy atom. The van der Waals surface area contributed by atoms with Gasteiger partial charge >= 0.3 is 6.18 Å². The van der Waals surface area contributed by atoms with Crippen LogP contribution in [0.4, 0.5) is 24.9 Å². The van der Waals surface area contributed by atoms with Crippen molar-refractivity contribution >= 4 is 22.7 Å². The molecule has 148 valence electrons. The van der Waals surface area contributed by atoms with Crippen LogP contribution in [0, 0.1) is 0 Å². The van der Waals surface area contributed by atoms with Gasteiger partial charge in [-0.1, -0.05) is 12.1 Å². The first kappa shape index (κ1) is 19.5. The summed E-state index contributed by atoms with van der Waals surface area (Å²) in [5.41, 5.74) is 6.28. The van der Waals surface area contributed by atoms with E-state index < -0.39 is 17.8 Å². The fourth-order valence-corrected chi connectivity index (χ4v) is 2.81. The number of alkyl halides is 3. The number of aromatic nitrogens is 2. The number of methoxy groups -OCH3 is 2. The van der Waals surface area contributed by atoms with Crippen molar-refractivity contribution in [3.63, 3.8) is 0 Å². The Hall–Kier alpha value is -3.23. The molecule has 3 rings (SSSR count). The number of nitrogen functional groups attached to an aromatic ring is 1. The lowest BCUT2D eigenvalue weighted by atomic mass is 10.1. The summed E-state index contributed by atoms with van der Waals surface area (Å²) in [6.07, 6.45) is -4.41. The number of anilines is 2. The number of halogens is 3. The zero-order valence-corrected chi connectivity index (χ0v) is 15.5. The van der Waals surface area contributed by atoms with E-state index >= 15 is 0 Å². The number of hydrogen-bond acceptors (Lipinski definition) is 6. The summed E-state index contributed by atoms with van der Waals surface area (Å²) in [5, 5.41) is 3.57. The van der Waals surface area contributed by atoms with Crippen LogP contribution < -0.4 is 20.5 Å². The first-order valence-corrected chi connectivity index (χ1v) is 8.36. The number of fused-ring (bicyclic) bond motifs is 1. The third-order valence-corrected chi connectivity index (χ3v) is 4.29. The fraction of sp³-hybridized carbons (Fsp3) is 0.263. The molecule has 28 heavy (non-hydrogen) atoms. The molecule has 0 radical (unpaired) electrons. The smallest absolute Gasteiger partial charge is 0.416 e. The molecule has 0 amide bonds. The molecule has 0 saturated carbocycles. The Morgan fingerprint density at radius 2 is 1.71 bits per heavy atom. The summed E-state index contributed by atoms with van der Waals surface area (Å²) >= 11 is 0. The SMILES string of the molecule is COc1cc2nc(N[C@H](C)c3cccc(C(F)(F)F)c3)nc(N)c2cc1OC. The molecule has 1 aromatic heterocycles. The first-order valence-electron chi connectivity index (χ1n) is 8.36. The molecule has 3 N–H and O–H groups in total. The van der Waals surface area contributed by atoms with Gasteiger partial charge in [0.1, 0.15) is 5.82 Å². The second kappa shape index (κ2) is 7.41. The van der Waals surface area contributed by atoms with Crippen LogP contribution >= 0.6 is 0 Å². The maximum absolute atomic E-state index is 12.9. The van der Waals surface area contributed by atoms with Crippen LogP contribution in [0.5, 0.6) is 11.5 Å². The predicted molar refractivity (Wildman–Crippen MR) is 101 cm³/mol. The summed E-state index contributed by atoms with van der Waals surface area (Å²) in [4.78, 5) is 8.60. The lowest BCUT2D eigenvalue weighted by Gasteiger charge is -2.17. The third kappa shape index (κ3) is 3.88. The van der Waals surface area contributed by atoms with E-state index in [0.717, 1.165) is 12.1 Å². The number of benzene rings is 2. The number of nitrogens with zero attached hydrogens (tertiary/aromatic N) is 2. The summed E-state index contributed by atoms with van der Waals surface area (Å²) in [7, 11) is 3.01. The van der Waals surface area contributed by atoms with Gasteiger partial charge in [0.15, 0.2) is 11.5 Å². The monoisotopic (exact) mass is 392 g/mol. The maximum atomic E-state index is 12.9. The highest BCUT2D eigenvalue weighted by molar-refractivity contribution is 5.91. The van der Waals surface area contributed by atoms with Crippen LogP contribution in [0.25, 0.3) is 10.9 Å². The molecule has 1 heterocycles. The molecular formula is C19H19F3N4O2. The topological polar surface area (TPSA) is 82.3 Å². The number of ether oxygens (including phenoxy) is 2. The average molecular weight is 392 g/mol. The van der Waals surface area contributed by atoms with Gasteiger partial charge in [0.25, 0.3) is 0 Å². The predicted octanol–water partition coefficient (Wildman–Crippen LogP) is 4.42. The van der Waals surface area contributed by atoms with E-state index in [1.54, 1.807) is 25.1 Å². The van der Waals surface area contributed by atoms with E-state index in [9.17, 15) is 13.2 Å². The summed E-state index contributed by atoms with van der Waals surface area (Å²) < 4.78 is 49.3. The summed E-state index contributed by atoms with van der Waals surface area (Å²) in [6.45, 7) is 1.72. The fourth-order valence-electron chi connectivity index (χ4n) is 2.81. The molecule has 0 bridgehead atoms. The largest absolute Gasteiger partial charge is 0.493 e. The number of hydrogen-bond donors (Lipinski definition) is 2. The van der Waals surface area contributed by atoms with E-state index in [2.05, 4.69) is 15.3 Å². The van der Waals surface area contributed by atoms with E-state index in [4.69, 9.17) is 15.2 Å². The molecule has 0 saturated heterocycles. The molecule has 1 atom stereocenters. The highest BCUT2D eigenvalue weighted by Crippen LogP contribution is 2.34. The van der Waals surface area contributed by atoms with Gasteiger partial charge in [-0.3, -0.25) is 0 Å². The van der Waals surface area contributed by atoms with Crippen molar-refractivity contribution in [2.45, 2.75) is 19.1 Å². The number of rotatable bonds is 5. The van der Waals surface area contributed by atoms with Gasteiger partial charge in [-0.15, -0.1) is 0 Å². The third-order valence-electron chi connectivity index (χ3n) is 4.29. The molecule has 0 aliphatic heterocycles. The molecule has 0 aliphatic rings. The number of nitrogens with one attached hydrogen (secondary N) is 1. The average Bonchev–Trinajstić information content (AvgIpc) is 2.66.